The van der Waals surface area contributed by atoms with Crippen molar-refractivity contribution >= 4 is 11.8 Å². The Bertz CT molecular complexity index is 499. The fraction of sp³-hybridized carbons (Fsp3) is 0.556. The number of nitrogens with one attached hydrogen (secondary N) is 1. The Labute approximate surface area is 139 Å². The molecule has 1 aromatic rings. The van der Waals surface area contributed by atoms with E-state index in [1.807, 2.05) is 31.2 Å². The van der Waals surface area contributed by atoms with Crippen LogP contribution in [-0.4, -0.2) is 36.4 Å². The van der Waals surface area contributed by atoms with Gasteiger partial charge in [0.25, 0.3) is 0 Å². The van der Waals surface area contributed by atoms with Crippen LogP contribution in [0.3, 0.4) is 0 Å². The van der Waals surface area contributed by atoms with E-state index >= 15 is 0 Å². The van der Waals surface area contributed by atoms with Crippen molar-refractivity contribution in [3.63, 3.8) is 0 Å². The Hall–Kier alpha value is -2.04. The molecule has 0 aliphatic carbocycles. The van der Waals surface area contributed by atoms with Crippen molar-refractivity contribution in [1.82, 2.24) is 10.2 Å². The molecule has 1 N–H and O–H groups in total. The number of methoxy groups -OCH3 is 1. The van der Waals surface area contributed by atoms with E-state index in [2.05, 4.69) is 12.2 Å². The molecule has 1 atom stereocenters. The molecular weight excluding hydrogens is 292 g/mol. The van der Waals surface area contributed by atoms with Gasteiger partial charge >= 0.3 is 0 Å². The van der Waals surface area contributed by atoms with E-state index in [1.54, 1.807) is 18.9 Å². The minimum Gasteiger partial charge on any atom is -0.497 e. The number of nitrogens with zero attached hydrogens (tertiary/aromatic N) is 1. The molecule has 0 radical (unpaired) electrons. The van der Waals surface area contributed by atoms with Crippen molar-refractivity contribution in [3.8, 4) is 5.75 Å². The molecule has 0 aromatic heterocycles. The summed E-state index contributed by atoms with van der Waals surface area (Å²) in [7, 11) is 1.62. The summed E-state index contributed by atoms with van der Waals surface area (Å²) in [5, 5.41) is 2.89. The third kappa shape index (κ3) is 5.93. The topological polar surface area (TPSA) is 58.6 Å². The molecule has 0 saturated carbocycles. The lowest BCUT2D eigenvalue weighted by Gasteiger charge is -2.28. The lowest BCUT2D eigenvalue weighted by molar-refractivity contribution is -0.140. The van der Waals surface area contributed by atoms with Gasteiger partial charge in [0.15, 0.2) is 0 Å². The van der Waals surface area contributed by atoms with Gasteiger partial charge in [-0.25, -0.2) is 0 Å². The van der Waals surface area contributed by atoms with Gasteiger partial charge in [-0.2, -0.15) is 0 Å². The van der Waals surface area contributed by atoms with E-state index < -0.39 is 6.04 Å². The van der Waals surface area contributed by atoms with Gasteiger partial charge < -0.3 is 15.0 Å². The highest BCUT2D eigenvalue weighted by Gasteiger charge is 2.24. The van der Waals surface area contributed by atoms with Crippen molar-refractivity contribution in [2.45, 2.75) is 52.6 Å². The van der Waals surface area contributed by atoms with Gasteiger partial charge in [-0.05, 0) is 31.0 Å². The second-order valence-electron chi connectivity index (χ2n) is 5.54. The molecule has 1 aromatic carbocycles. The monoisotopic (exact) mass is 320 g/mol. The van der Waals surface area contributed by atoms with Crippen LogP contribution in [0.2, 0.25) is 0 Å². The van der Waals surface area contributed by atoms with Gasteiger partial charge in [0, 0.05) is 19.5 Å². The molecule has 23 heavy (non-hydrogen) atoms. The smallest absolute Gasteiger partial charge is 0.242 e. The highest BCUT2D eigenvalue weighted by Crippen LogP contribution is 2.15. The van der Waals surface area contributed by atoms with Gasteiger partial charge in [-0.1, -0.05) is 32.4 Å². The number of unbranched alkanes of at least 4 members (excludes halogenated alkanes) is 1. The number of rotatable bonds is 9. The second kappa shape index (κ2) is 9.87. The molecule has 0 aliphatic heterocycles. The van der Waals surface area contributed by atoms with E-state index in [9.17, 15) is 9.59 Å². The predicted octanol–water partition coefficient (Wildman–Crippen LogP) is 2.74. The number of hydrogen-bond donors (Lipinski definition) is 1. The van der Waals surface area contributed by atoms with Crippen LogP contribution < -0.4 is 10.1 Å². The largest absolute Gasteiger partial charge is 0.497 e. The van der Waals surface area contributed by atoms with E-state index in [-0.39, 0.29) is 11.8 Å². The fourth-order valence-electron chi connectivity index (χ4n) is 2.25. The summed E-state index contributed by atoms with van der Waals surface area (Å²) in [6, 6.07) is 7.06. The highest BCUT2D eigenvalue weighted by molar-refractivity contribution is 5.87. The van der Waals surface area contributed by atoms with Gasteiger partial charge in [-0.15, -0.1) is 0 Å². The molecule has 2 amide bonds. The van der Waals surface area contributed by atoms with E-state index in [0.29, 0.717) is 19.5 Å². The summed E-state index contributed by atoms with van der Waals surface area (Å²) >= 11 is 0. The van der Waals surface area contributed by atoms with Crippen molar-refractivity contribution < 1.29 is 14.3 Å². The van der Waals surface area contributed by atoms with Crippen LogP contribution in [0, 0.1) is 0 Å². The zero-order valence-electron chi connectivity index (χ0n) is 14.6. The maximum absolute atomic E-state index is 12.2. The number of carbonyl (C=O) groups excluding carboxylic acids is 2. The molecule has 1 rings (SSSR count). The summed E-state index contributed by atoms with van der Waals surface area (Å²) in [5.41, 5.74) is 0.973. The summed E-state index contributed by atoms with van der Waals surface area (Å²) in [4.78, 5) is 26.1. The van der Waals surface area contributed by atoms with Crippen LogP contribution in [0.1, 0.15) is 45.6 Å². The lowest BCUT2D eigenvalue weighted by Crippen LogP contribution is -2.47. The second-order valence-corrected chi connectivity index (χ2v) is 5.54. The number of amides is 2. The van der Waals surface area contributed by atoms with Gasteiger partial charge in [-0.3, -0.25) is 9.59 Å². The highest BCUT2D eigenvalue weighted by atomic mass is 16.5. The van der Waals surface area contributed by atoms with Crippen LogP contribution in [-0.2, 0) is 16.1 Å². The molecule has 1 unspecified atom stereocenters. The fourth-order valence-corrected chi connectivity index (χ4v) is 2.25. The third-order valence-corrected chi connectivity index (χ3v) is 3.81. The molecule has 0 spiro atoms. The average Bonchev–Trinajstić information content (AvgIpc) is 2.59. The number of hydrogen-bond acceptors (Lipinski definition) is 3. The van der Waals surface area contributed by atoms with Crippen LogP contribution in [0.4, 0.5) is 0 Å². The zero-order valence-corrected chi connectivity index (χ0v) is 14.6. The Morgan fingerprint density at radius 1 is 1.22 bits per heavy atom. The van der Waals surface area contributed by atoms with Gasteiger partial charge in [0.2, 0.25) is 11.8 Å². The minimum atomic E-state index is -0.485. The molecule has 5 heteroatoms. The molecule has 0 bridgehead atoms. The minimum absolute atomic E-state index is 0.0287. The summed E-state index contributed by atoms with van der Waals surface area (Å²) in [5.74, 6) is 0.639. The first-order valence-electron chi connectivity index (χ1n) is 8.23. The number of benzene rings is 1. The van der Waals surface area contributed by atoms with Crippen molar-refractivity contribution in [2.75, 3.05) is 13.7 Å². The summed E-state index contributed by atoms with van der Waals surface area (Å²) < 4.78 is 5.14. The van der Waals surface area contributed by atoms with Crippen molar-refractivity contribution in [2.24, 2.45) is 0 Å². The standard InChI is InChI=1S/C18H28N2O3/c1-5-7-12-19-18(22)14(3)20(17(21)6-2)13-15-8-10-16(23-4)11-9-15/h8-11,14H,5-7,12-13H2,1-4H3,(H,19,22). The van der Waals surface area contributed by atoms with E-state index in [1.165, 1.54) is 0 Å². The first-order valence-corrected chi connectivity index (χ1v) is 8.23. The van der Waals surface area contributed by atoms with Crippen LogP contribution in [0.25, 0.3) is 0 Å². The Morgan fingerprint density at radius 3 is 2.39 bits per heavy atom. The van der Waals surface area contributed by atoms with E-state index in [4.69, 9.17) is 4.74 Å². The number of carbonyl (C=O) groups is 2. The van der Waals surface area contributed by atoms with Crippen LogP contribution in [0.5, 0.6) is 5.75 Å². The first kappa shape index (κ1) is 19.0. The summed E-state index contributed by atoms with van der Waals surface area (Å²) in [6.07, 6.45) is 2.35. The van der Waals surface area contributed by atoms with E-state index in [0.717, 1.165) is 24.2 Å². The maximum Gasteiger partial charge on any atom is 0.242 e. The Balaban J connectivity index is 2.78. The lowest BCUT2D eigenvalue weighted by atomic mass is 10.1. The molecule has 0 aliphatic rings. The third-order valence-electron chi connectivity index (χ3n) is 3.81. The Kier molecular flexibility index (Phi) is 8.16. The molecular formula is C18H28N2O3. The quantitative estimate of drug-likeness (QED) is 0.712. The molecule has 0 saturated heterocycles. The van der Waals surface area contributed by atoms with Gasteiger partial charge in [0.1, 0.15) is 11.8 Å². The molecule has 0 fully saturated rings. The van der Waals surface area contributed by atoms with Gasteiger partial charge in [0.05, 0.1) is 7.11 Å². The Morgan fingerprint density at radius 2 is 1.87 bits per heavy atom. The molecule has 0 heterocycles. The summed E-state index contributed by atoms with van der Waals surface area (Å²) in [6.45, 7) is 6.73. The molecule has 5 nitrogen and oxygen atoms in total. The molecule has 128 valence electrons. The SMILES string of the molecule is CCCCNC(=O)C(C)N(Cc1ccc(OC)cc1)C(=O)CC. The maximum atomic E-state index is 12.2. The van der Waals surface area contributed by atoms with Crippen molar-refractivity contribution in [1.29, 1.82) is 0 Å². The predicted molar refractivity (Wildman–Crippen MR) is 91.2 cm³/mol. The average molecular weight is 320 g/mol. The van der Waals surface area contributed by atoms with Crippen LogP contribution >= 0.6 is 0 Å². The first-order chi connectivity index (χ1) is 11.0. The number of ether oxygens (including phenoxy) is 1. The van der Waals surface area contributed by atoms with Crippen LogP contribution in [0.15, 0.2) is 24.3 Å². The normalized spacial score (nSPS) is 11.7. The zero-order chi connectivity index (χ0) is 17.2. The van der Waals surface area contributed by atoms with Crippen molar-refractivity contribution in [3.05, 3.63) is 29.8 Å².